The standard InChI is InChI=1S/C12H25NO.C11H18N2O6.C6H7NO/c1-6-11(7-2)9(3)8-12(14)10(4)13-5;1-4-7(14)12-11(17)13(2)10-9(16)8(15)6(19-10)5-18-3;7-8-6-4-2-1-3-5-6/h9-11,13H,6-8H2,1-5H3;4,6,8-10,15-16H,1,5H2,2-3H3,(H,12,14,17);1-5H,7H2/t9?,10-;6-,8-,9-,10-;/m01./s1. The topological polar surface area (TPSA) is 173 Å². The van der Waals surface area contributed by atoms with Crippen LogP contribution in [-0.4, -0.2) is 91.2 Å². The number of hydrogen-bond acceptors (Lipinski definition) is 10. The molecule has 1 aromatic rings. The first-order valence-electron chi connectivity index (χ1n) is 13.7. The molecule has 1 unspecified atom stereocenters. The second-order valence-corrected chi connectivity index (χ2v) is 9.78. The minimum Gasteiger partial charge on any atom is -0.412 e. The highest BCUT2D eigenvalue weighted by molar-refractivity contribution is 5.99. The van der Waals surface area contributed by atoms with Gasteiger partial charge < -0.3 is 29.8 Å². The Hall–Kier alpha value is -2.87. The van der Waals surface area contributed by atoms with E-state index in [4.69, 9.17) is 15.4 Å². The van der Waals surface area contributed by atoms with E-state index >= 15 is 0 Å². The summed E-state index contributed by atoms with van der Waals surface area (Å²) in [5.74, 6) is 6.43. The Balaban J connectivity index is 0.000000635. The zero-order chi connectivity index (χ0) is 31.5. The molecule has 1 fully saturated rings. The molecule has 0 saturated carbocycles. The van der Waals surface area contributed by atoms with Gasteiger partial charge in [0.05, 0.1) is 12.6 Å². The fourth-order valence-corrected chi connectivity index (χ4v) is 4.13. The molecule has 12 nitrogen and oxygen atoms in total. The number of nitrogens with two attached hydrogens (primary N) is 1. The number of benzene rings is 1. The van der Waals surface area contributed by atoms with Crippen LogP contribution in [0.4, 0.5) is 4.79 Å². The maximum atomic E-state index is 11.7. The summed E-state index contributed by atoms with van der Waals surface area (Å²) in [6, 6.07) is 8.46. The predicted octanol–water partition coefficient (Wildman–Crippen LogP) is 2.00. The molecule has 1 saturated heterocycles. The highest BCUT2D eigenvalue weighted by Crippen LogP contribution is 2.24. The number of rotatable bonds is 12. The molecule has 12 heteroatoms. The number of Topliss-reactive ketones (excluding diaryl/α,β-unsaturated/α-hetero) is 1. The zero-order valence-corrected chi connectivity index (χ0v) is 25.4. The van der Waals surface area contributed by atoms with E-state index in [0.29, 0.717) is 29.8 Å². The van der Waals surface area contributed by atoms with Crippen LogP contribution in [0.1, 0.15) is 47.0 Å². The van der Waals surface area contributed by atoms with E-state index in [1.165, 1.54) is 27.0 Å². The maximum Gasteiger partial charge on any atom is 0.326 e. The quantitative estimate of drug-likeness (QED) is 0.181. The molecule has 1 heterocycles. The average Bonchev–Trinajstić information content (AvgIpc) is 3.26. The predicted molar refractivity (Wildman–Crippen MR) is 157 cm³/mol. The minimum absolute atomic E-state index is 0.00631. The molecule has 0 radical (unpaired) electrons. The number of aliphatic hydroxyl groups excluding tert-OH is 2. The van der Waals surface area contributed by atoms with Gasteiger partial charge in [0.25, 0.3) is 5.91 Å². The largest absolute Gasteiger partial charge is 0.412 e. The normalized spacial score (nSPS) is 20.9. The molecule has 6 atom stereocenters. The molecule has 0 aliphatic carbocycles. The lowest BCUT2D eigenvalue weighted by Gasteiger charge is -2.26. The summed E-state index contributed by atoms with van der Waals surface area (Å²) in [5.41, 5.74) is 0. The van der Waals surface area contributed by atoms with Gasteiger partial charge in [-0.1, -0.05) is 58.4 Å². The van der Waals surface area contributed by atoms with E-state index in [0.717, 1.165) is 11.0 Å². The summed E-state index contributed by atoms with van der Waals surface area (Å²) >= 11 is 0. The Labute approximate surface area is 244 Å². The van der Waals surface area contributed by atoms with Crippen molar-refractivity contribution in [2.24, 2.45) is 17.7 Å². The van der Waals surface area contributed by atoms with Crippen LogP contribution in [0.3, 0.4) is 0 Å². The van der Waals surface area contributed by atoms with Crippen LogP contribution in [-0.2, 0) is 19.1 Å². The van der Waals surface area contributed by atoms with Crippen molar-refractivity contribution in [3.63, 3.8) is 0 Å². The lowest BCUT2D eigenvalue weighted by molar-refractivity contribution is -0.121. The molecule has 0 aromatic heterocycles. The Morgan fingerprint density at radius 2 is 1.73 bits per heavy atom. The lowest BCUT2D eigenvalue weighted by Crippen LogP contribution is -2.50. The van der Waals surface area contributed by atoms with Gasteiger partial charge in [-0.3, -0.25) is 19.8 Å². The van der Waals surface area contributed by atoms with Crippen LogP contribution in [0.5, 0.6) is 5.75 Å². The van der Waals surface area contributed by atoms with Crippen molar-refractivity contribution in [3.05, 3.63) is 43.0 Å². The average molecular weight is 583 g/mol. The van der Waals surface area contributed by atoms with Gasteiger partial charge in [0.15, 0.2) is 6.23 Å². The lowest BCUT2D eigenvalue weighted by atomic mass is 9.85. The first kappa shape index (κ1) is 38.1. The number of ether oxygens (including phenoxy) is 2. The minimum atomic E-state index is -1.28. The van der Waals surface area contributed by atoms with Crippen LogP contribution in [0.25, 0.3) is 0 Å². The van der Waals surface area contributed by atoms with E-state index in [1.54, 1.807) is 12.1 Å². The molecule has 0 spiro atoms. The van der Waals surface area contributed by atoms with Gasteiger partial charge in [-0.05, 0) is 44.0 Å². The van der Waals surface area contributed by atoms with E-state index < -0.39 is 36.5 Å². The number of methoxy groups -OCH3 is 1. The van der Waals surface area contributed by atoms with Gasteiger partial charge in [-0.15, -0.1) is 0 Å². The number of aliphatic hydroxyl groups is 2. The fourth-order valence-electron chi connectivity index (χ4n) is 4.13. The van der Waals surface area contributed by atoms with Crippen molar-refractivity contribution < 1.29 is 38.9 Å². The molecular weight excluding hydrogens is 532 g/mol. The van der Waals surface area contributed by atoms with Crippen LogP contribution in [0.15, 0.2) is 43.0 Å². The summed E-state index contributed by atoms with van der Waals surface area (Å²) in [5, 5.41) is 24.5. The third kappa shape index (κ3) is 13.6. The number of para-hydroxylation sites is 1. The molecule has 3 amide bonds. The molecular formula is C29H50N4O8. The van der Waals surface area contributed by atoms with Crippen molar-refractivity contribution in [2.75, 3.05) is 27.8 Å². The van der Waals surface area contributed by atoms with Crippen LogP contribution in [0, 0.1) is 11.8 Å². The summed E-state index contributed by atoms with van der Waals surface area (Å²) < 4.78 is 10.2. The zero-order valence-electron chi connectivity index (χ0n) is 25.4. The summed E-state index contributed by atoms with van der Waals surface area (Å²) in [7, 11) is 4.60. The molecule has 6 N–H and O–H groups in total. The van der Waals surface area contributed by atoms with Crippen molar-refractivity contribution in [1.29, 1.82) is 0 Å². The Bertz CT molecular complexity index is 900. The first-order chi connectivity index (χ1) is 19.4. The molecule has 234 valence electrons. The molecule has 1 aromatic carbocycles. The molecule has 1 aliphatic heterocycles. The number of urea groups is 1. The first-order valence-corrected chi connectivity index (χ1v) is 13.7. The monoisotopic (exact) mass is 582 g/mol. The van der Waals surface area contributed by atoms with Crippen LogP contribution < -0.4 is 21.4 Å². The number of amides is 3. The number of carbonyl (C=O) groups is 3. The summed E-state index contributed by atoms with van der Waals surface area (Å²) in [6.07, 6.45) is -0.236. The Kier molecular flexibility index (Phi) is 19.5. The number of hydrogen-bond donors (Lipinski definition) is 5. The summed E-state index contributed by atoms with van der Waals surface area (Å²) in [6.45, 7) is 11.8. The van der Waals surface area contributed by atoms with E-state index in [1.807, 2.05) is 37.5 Å². The second kappa shape index (κ2) is 20.9. The Morgan fingerprint density at radius 1 is 1.15 bits per heavy atom. The third-order valence-electron chi connectivity index (χ3n) is 6.96. The number of imide groups is 1. The number of carbonyl (C=O) groups excluding carboxylic acids is 3. The van der Waals surface area contributed by atoms with E-state index in [-0.39, 0.29) is 12.6 Å². The van der Waals surface area contributed by atoms with Crippen LogP contribution >= 0.6 is 0 Å². The second-order valence-electron chi connectivity index (χ2n) is 9.78. The number of nitrogens with zero attached hydrogens (tertiary/aromatic N) is 1. The van der Waals surface area contributed by atoms with Crippen molar-refractivity contribution >= 4 is 17.7 Å². The van der Waals surface area contributed by atoms with Crippen molar-refractivity contribution in [1.82, 2.24) is 15.5 Å². The van der Waals surface area contributed by atoms with Gasteiger partial charge in [-0.2, -0.15) is 5.90 Å². The molecule has 41 heavy (non-hydrogen) atoms. The maximum absolute atomic E-state index is 11.7. The van der Waals surface area contributed by atoms with Crippen molar-refractivity contribution in [3.8, 4) is 5.75 Å². The van der Waals surface area contributed by atoms with Crippen LogP contribution in [0.2, 0.25) is 0 Å². The number of likely N-dealkylation sites (N-methyl/N-ethyl adjacent to an activating group) is 2. The van der Waals surface area contributed by atoms with Gasteiger partial charge in [0.1, 0.15) is 29.8 Å². The third-order valence-corrected chi connectivity index (χ3v) is 6.96. The number of ketones is 1. The van der Waals surface area contributed by atoms with E-state index in [2.05, 4.69) is 37.5 Å². The van der Waals surface area contributed by atoms with Gasteiger partial charge >= 0.3 is 6.03 Å². The highest BCUT2D eigenvalue weighted by Gasteiger charge is 2.45. The highest BCUT2D eigenvalue weighted by atomic mass is 16.6. The van der Waals surface area contributed by atoms with Gasteiger partial charge in [-0.25, -0.2) is 4.79 Å². The van der Waals surface area contributed by atoms with Crippen molar-refractivity contribution in [2.45, 2.75) is 77.5 Å². The van der Waals surface area contributed by atoms with E-state index in [9.17, 15) is 24.6 Å². The SMILES string of the molecule is C=CC(=O)NC(=O)N(C)[C@@H]1O[C@H](COC)[C@@H](O)[C@H]1O.CCC(CC)C(C)CC(=O)[C@H](C)NC.NOc1ccccc1. The van der Waals surface area contributed by atoms with Gasteiger partial charge in [0.2, 0.25) is 0 Å². The summed E-state index contributed by atoms with van der Waals surface area (Å²) in [4.78, 5) is 39.7. The fraction of sp³-hybridized carbons (Fsp3) is 0.621. The number of nitrogens with one attached hydrogen (secondary N) is 2. The smallest absolute Gasteiger partial charge is 0.326 e. The molecule has 1 aliphatic rings. The Morgan fingerprint density at radius 3 is 2.17 bits per heavy atom. The molecule has 2 rings (SSSR count). The van der Waals surface area contributed by atoms with Gasteiger partial charge in [0, 0.05) is 20.6 Å². The molecule has 0 bridgehead atoms.